The number of aromatic nitrogens is 2. The van der Waals surface area contributed by atoms with Gasteiger partial charge in [-0.15, -0.1) is 0 Å². The van der Waals surface area contributed by atoms with Gasteiger partial charge in [-0.05, 0) is 75.7 Å². The normalized spacial score (nSPS) is 39.2. The van der Waals surface area contributed by atoms with Crippen molar-refractivity contribution in [2.45, 2.75) is 57.4 Å². The molecule has 0 unspecified atom stereocenters. The molecule has 3 heteroatoms. The highest BCUT2D eigenvalue weighted by molar-refractivity contribution is 5.18. The van der Waals surface area contributed by atoms with Gasteiger partial charge in [-0.3, -0.25) is 0 Å². The summed E-state index contributed by atoms with van der Waals surface area (Å²) in [5.41, 5.74) is 7.00. The molecule has 0 atom stereocenters. The molecule has 5 rings (SSSR count). The van der Waals surface area contributed by atoms with Gasteiger partial charge >= 0.3 is 0 Å². The molecule has 1 heterocycles. The molecule has 0 aromatic carbocycles. The zero-order valence-corrected chi connectivity index (χ0v) is 12.5. The molecule has 1 aromatic heterocycles. The molecule has 4 aliphatic rings. The van der Waals surface area contributed by atoms with E-state index in [1.165, 1.54) is 37.8 Å². The van der Waals surface area contributed by atoms with Crippen LogP contribution in [0.1, 0.15) is 63.4 Å². The van der Waals surface area contributed by atoms with Crippen LogP contribution in [0.2, 0.25) is 0 Å². The second-order valence-electron chi connectivity index (χ2n) is 7.98. The lowest BCUT2D eigenvalue weighted by Gasteiger charge is -2.54. The quantitative estimate of drug-likeness (QED) is 0.898. The minimum Gasteiger partial charge on any atom is -0.319 e. The van der Waals surface area contributed by atoms with Crippen molar-refractivity contribution in [2.75, 3.05) is 0 Å². The number of nitrogens with two attached hydrogens (primary N) is 1. The van der Waals surface area contributed by atoms with E-state index in [1.54, 1.807) is 0 Å². The summed E-state index contributed by atoms with van der Waals surface area (Å²) in [6.07, 6.45) is 9.15. The van der Waals surface area contributed by atoms with Crippen molar-refractivity contribution in [3.63, 3.8) is 0 Å². The third-order valence-electron chi connectivity index (χ3n) is 5.82. The Kier molecular flexibility index (Phi) is 2.72. The van der Waals surface area contributed by atoms with Gasteiger partial charge in [0.15, 0.2) is 0 Å². The van der Waals surface area contributed by atoms with Gasteiger partial charge in [-0.2, -0.15) is 0 Å². The van der Waals surface area contributed by atoms with E-state index in [0.717, 1.165) is 29.5 Å². The van der Waals surface area contributed by atoms with Crippen molar-refractivity contribution >= 4 is 0 Å². The summed E-state index contributed by atoms with van der Waals surface area (Å²) >= 11 is 0. The standard InChI is InChI=1S/C17H25N3/c1-17(2,18)16-19-4-3-14(20-16)15-12-6-10-5-11(8-12)9-13(15)7-10/h3-4,10-13,15H,5-9,18H2,1-2H3. The lowest BCUT2D eigenvalue weighted by Crippen LogP contribution is -2.44. The van der Waals surface area contributed by atoms with Crippen molar-refractivity contribution in [1.82, 2.24) is 9.97 Å². The monoisotopic (exact) mass is 271 g/mol. The summed E-state index contributed by atoms with van der Waals surface area (Å²) in [6.45, 7) is 3.98. The topological polar surface area (TPSA) is 51.8 Å². The van der Waals surface area contributed by atoms with E-state index < -0.39 is 5.54 Å². The molecule has 0 amide bonds. The van der Waals surface area contributed by atoms with Crippen molar-refractivity contribution in [3.05, 3.63) is 23.8 Å². The highest BCUT2D eigenvalue weighted by Gasteiger charge is 2.49. The minimum atomic E-state index is -0.443. The summed E-state index contributed by atoms with van der Waals surface area (Å²) in [5.74, 6) is 5.24. The Morgan fingerprint density at radius 1 is 1.05 bits per heavy atom. The van der Waals surface area contributed by atoms with Gasteiger partial charge in [0.25, 0.3) is 0 Å². The van der Waals surface area contributed by atoms with Crippen LogP contribution in [0.4, 0.5) is 0 Å². The first-order valence-electron chi connectivity index (χ1n) is 8.13. The highest BCUT2D eigenvalue weighted by Crippen LogP contribution is 2.59. The molecular weight excluding hydrogens is 246 g/mol. The van der Waals surface area contributed by atoms with Gasteiger partial charge in [-0.1, -0.05) is 0 Å². The molecule has 1 aromatic rings. The molecule has 3 nitrogen and oxygen atoms in total. The first-order chi connectivity index (χ1) is 9.50. The van der Waals surface area contributed by atoms with Crippen LogP contribution in [0, 0.1) is 23.7 Å². The zero-order chi connectivity index (χ0) is 13.9. The molecule has 108 valence electrons. The number of hydrogen-bond acceptors (Lipinski definition) is 3. The van der Waals surface area contributed by atoms with Crippen LogP contribution in [-0.2, 0) is 5.54 Å². The average molecular weight is 271 g/mol. The summed E-state index contributed by atoms with van der Waals surface area (Å²) in [5, 5.41) is 0. The third kappa shape index (κ3) is 1.98. The highest BCUT2D eigenvalue weighted by atomic mass is 15.0. The predicted octanol–water partition coefficient (Wildman–Crippen LogP) is 3.21. The Balaban J connectivity index is 1.68. The maximum Gasteiger partial charge on any atom is 0.147 e. The second kappa shape index (κ2) is 4.27. The minimum absolute atomic E-state index is 0.443. The van der Waals surface area contributed by atoms with Crippen LogP contribution < -0.4 is 5.73 Å². The smallest absolute Gasteiger partial charge is 0.147 e. The second-order valence-corrected chi connectivity index (χ2v) is 7.98. The number of rotatable bonds is 2. The van der Waals surface area contributed by atoms with Crippen molar-refractivity contribution in [2.24, 2.45) is 29.4 Å². The summed E-state index contributed by atoms with van der Waals surface area (Å²) in [6, 6.07) is 2.14. The van der Waals surface area contributed by atoms with Crippen LogP contribution >= 0.6 is 0 Å². The molecule has 0 saturated heterocycles. The van der Waals surface area contributed by atoms with Crippen LogP contribution in [0.5, 0.6) is 0 Å². The van der Waals surface area contributed by atoms with Gasteiger partial charge in [0, 0.05) is 17.8 Å². The Morgan fingerprint density at radius 3 is 2.20 bits per heavy atom. The molecular formula is C17H25N3. The predicted molar refractivity (Wildman–Crippen MR) is 79.0 cm³/mol. The van der Waals surface area contributed by atoms with Crippen molar-refractivity contribution in [1.29, 1.82) is 0 Å². The first-order valence-corrected chi connectivity index (χ1v) is 8.13. The molecule has 4 bridgehead atoms. The van der Waals surface area contributed by atoms with E-state index in [9.17, 15) is 0 Å². The lowest BCUT2D eigenvalue weighted by atomic mass is 9.51. The molecule has 0 aliphatic heterocycles. The van der Waals surface area contributed by atoms with E-state index in [-0.39, 0.29) is 0 Å². The first kappa shape index (κ1) is 12.8. The Morgan fingerprint density at radius 2 is 1.65 bits per heavy atom. The summed E-state index contributed by atoms with van der Waals surface area (Å²) < 4.78 is 0. The molecule has 2 N–H and O–H groups in total. The summed E-state index contributed by atoms with van der Waals surface area (Å²) in [4.78, 5) is 9.24. The fraction of sp³-hybridized carbons (Fsp3) is 0.765. The fourth-order valence-corrected chi connectivity index (χ4v) is 5.28. The van der Waals surface area contributed by atoms with Crippen LogP contribution in [0.25, 0.3) is 0 Å². The van der Waals surface area contributed by atoms with Crippen LogP contribution in [-0.4, -0.2) is 9.97 Å². The van der Waals surface area contributed by atoms with E-state index in [0.29, 0.717) is 5.92 Å². The Hall–Kier alpha value is -0.960. The number of hydrogen-bond donors (Lipinski definition) is 1. The fourth-order valence-electron chi connectivity index (χ4n) is 5.28. The van der Waals surface area contributed by atoms with E-state index in [1.807, 2.05) is 20.0 Å². The average Bonchev–Trinajstić information content (AvgIpc) is 2.37. The SMILES string of the molecule is CC(C)(N)c1nccc(C2C3CC4CC(C3)CC2C4)n1. The van der Waals surface area contributed by atoms with Gasteiger partial charge < -0.3 is 5.73 Å². The van der Waals surface area contributed by atoms with E-state index in [2.05, 4.69) is 11.1 Å². The van der Waals surface area contributed by atoms with Crippen LogP contribution in [0.3, 0.4) is 0 Å². The van der Waals surface area contributed by atoms with Crippen molar-refractivity contribution in [3.8, 4) is 0 Å². The summed E-state index contributed by atoms with van der Waals surface area (Å²) in [7, 11) is 0. The third-order valence-corrected chi connectivity index (χ3v) is 5.82. The van der Waals surface area contributed by atoms with Crippen molar-refractivity contribution < 1.29 is 0 Å². The van der Waals surface area contributed by atoms with Gasteiger partial charge in [-0.25, -0.2) is 9.97 Å². The Bertz CT molecular complexity index is 489. The maximum absolute atomic E-state index is 6.18. The maximum atomic E-state index is 6.18. The van der Waals surface area contributed by atoms with Gasteiger partial charge in [0.2, 0.25) is 0 Å². The molecule has 4 saturated carbocycles. The molecule has 4 fully saturated rings. The van der Waals surface area contributed by atoms with E-state index >= 15 is 0 Å². The van der Waals surface area contributed by atoms with Gasteiger partial charge in [0.1, 0.15) is 5.82 Å². The largest absolute Gasteiger partial charge is 0.319 e. The molecule has 20 heavy (non-hydrogen) atoms. The molecule has 0 radical (unpaired) electrons. The lowest BCUT2D eigenvalue weighted by molar-refractivity contribution is -0.00431. The zero-order valence-electron chi connectivity index (χ0n) is 12.5. The van der Waals surface area contributed by atoms with Gasteiger partial charge in [0.05, 0.1) is 5.54 Å². The number of nitrogens with zero attached hydrogens (tertiary/aromatic N) is 2. The van der Waals surface area contributed by atoms with Crippen LogP contribution in [0.15, 0.2) is 12.3 Å². The molecule has 4 aliphatic carbocycles. The molecule has 0 spiro atoms. The van der Waals surface area contributed by atoms with E-state index in [4.69, 9.17) is 10.7 Å². The Labute approximate surface area is 121 Å².